The fraction of sp³-hybridized carbons (Fsp3) is 0.800. The van der Waals surface area contributed by atoms with Crippen LogP contribution in [0.1, 0.15) is 82.8 Å². The first-order valence-electron chi connectivity index (χ1n) is 6.91. The van der Waals surface area contributed by atoms with Crippen LogP contribution in [0, 0.1) is 0 Å². The largest absolute Gasteiger partial charge is 0.321 e. The van der Waals surface area contributed by atoms with Crippen molar-refractivity contribution < 1.29 is 0 Å². The zero-order valence-corrected chi connectivity index (χ0v) is 13.7. The molecule has 0 spiro atoms. The van der Waals surface area contributed by atoms with E-state index in [-0.39, 0.29) is 11.0 Å². The van der Waals surface area contributed by atoms with Gasteiger partial charge in [0.15, 0.2) is 0 Å². The quantitative estimate of drug-likeness (QED) is 0.871. The lowest BCUT2D eigenvalue weighted by Gasteiger charge is -2.24. The summed E-state index contributed by atoms with van der Waals surface area (Å²) in [6.07, 6.45) is 2.30. The Morgan fingerprint density at radius 3 is 1.89 bits per heavy atom. The van der Waals surface area contributed by atoms with Gasteiger partial charge in [0.2, 0.25) is 0 Å². The second-order valence-corrected chi connectivity index (χ2v) is 7.75. The maximum absolute atomic E-state index is 6.32. The highest BCUT2D eigenvalue weighted by Crippen LogP contribution is 2.39. The van der Waals surface area contributed by atoms with Gasteiger partial charge in [0, 0.05) is 21.7 Å². The topological polar surface area (TPSA) is 38.9 Å². The van der Waals surface area contributed by atoms with E-state index in [0.29, 0.717) is 5.92 Å². The Balaban J connectivity index is 3.33. The normalized spacial score (nSPS) is 13.4. The molecule has 0 aromatic carbocycles. The van der Waals surface area contributed by atoms with Crippen LogP contribution in [-0.2, 0) is 11.0 Å². The summed E-state index contributed by atoms with van der Waals surface area (Å²) in [7, 11) is 0. The smallest absolute Gasteiger partial charge is 0.0962 e. The second kappa shape index (κ2) is 5.30. The van der Waals surface area contributed by atoms with Crippen molar-refractivity contribution in [1.29, 1.82) is 0 Å². The predicted molar refractivity (Wildman–Crippen MR) is 81.4 cm³/mol. The molecule has 0 atom stereocenters. The second-order valence-electron chi connectivity index (χ2n) is 6.71. The van der Waals surface area contributed by atoms with Crippen molar-refractivity contribution in [3.8, 4) is 0 Å². The highest BCUT2D eigenvalue weighted by atomic mass is 32.1. The summed E-state index contributed by atoms with van der Waals surface area (Å²) < 4.78 is 0. The van der Waals surface area contributed by atoms with Gasteiger partial charge in [-0.15, -0.1) is 11.3 Å². The van der Waals surface area contributed by atoms with E-state index in [1.807, 2.05) is 11.3 Å². The lowest BCUT2D eigenvalue weighted by atomic mass is 9.87. The van der Waals surface area contributed by atoms with Gasteiger partial charge in [0.05, 0.1) is 10.7 Å². The summed E-state index contributed by atoms with van der Waals surface area (Å²) in [5.74, 6) is 0.576. The minimum atomic E-state index is -0.301. The number of hydrogen-bond acceptors (Lipinski definition) is 3. The van der Waals surface area contributed by atoms with Gasteiger partial charge in [0.1, 0.15) is 0 Å². The lowest BCUT2D eigenvalue weighted by molar-refractivity contribution is 0.509. The minimum Gasteiger partial charge on any atom is -0.321 e. The Kier molecular flexibility index (Phi) is 4.60. The van der Waals surface area contributed by atoms with E-state index in [0.717, 1.165) is 12.8 Å². The van der Waals surface area contributed by atoms with E-state index < -0.39 is 0 Å². The molecule has 18 heavy (non-hydrogen) atoms. The van der Waals surface area contributed by atoms with Gasteiger partial charge in [0.25, 0.3) is 0 Å². The highest BCUT2D eigenvalue weighted by Gasteiger charge is 2.31. The maximum Gasteiger partial charge on any atom is 0.0962 e. The average molecular weight is 268 g/mol. The van der Waals surface area contributed by atoms with Crippen LogP contribution in [0.3, 0.4) is 0 Å². The van der Waals surface area contributed by atoms with Crippen molar-refractivity contribution in [1.82, 2.24) is 4.98 Å². The number of aromatic nitrogens is 1. The van der Waals surface area contributed by atoms with Crippen LogP contribution in [0.4, 0.5) is 0 Å². The standard InChI is InChI=1S/C15H28N2S/c1-8-10(9-2)13-17-11(14(3,4)5)12(18-13)15(6,7)16/h10H,8-9,16H2,1-7H3. The molecule has 2 nitrogen and oxygen atoms in total. The van der Waals surface area contributed by atoms with Crippen LogP contribution in [0.25, 0.3) is 0 Å². The van der Waals surface area contributed by atoms with Gasteiger partial charge in [-0.2, -0.15) is 0 Å². The van der Waals surface area contributed by atoms with Crippen molar-refractivity contribution >= 4 is 11.3 Å². The van der Waals surface area contributed by atoms with Crippen molar-refractivity contribution in [3.05, 3.63) is 15.6 Å². The van der Waals surface area contributed by atoms with E-state index >= 15 is 0 Å². The number of thiazole rings is 1. The van der Waals surface area contributed by atoms with E-state index in [9.17, 15) is 0 Å². The van der Waals surface area contributed by atoms with Crippen molar-refractivity contribution in [3.63, 3.8) is 0 Å². The first-order chi connectivity index (χ1) is 8.11. The van der Waals surface area contributed by atoms with Crippen LogP contribution in [0.5, 0.6) is 0 Å². The molecule has 0 aliphatic carbocycles. The third-order valence-electron chi connectivity index (χ3n) is 3.27. The zero-order chi connectivity index (χ0) is 14.1. The molecule has 104 valence electrons. The molecule has 0 saturated heterocycles. The van der Waals surface area contributed by atoms with Gasteiger partial charge in [-0.25, -0.2) is 4.98 Å². The van der Waals surface area contributed by atoms with Crippen molar-refractivity contribution in [2.24, 2.45) is 5.73 Å². The number of nitrogens with zero attached hydrogens (tertiary/aromatic N) is 1. The van der Waals surface area contributed by atoms with E-state index in [4.69, 9.17) is 10.7 Å². The molecule has 2 N–H and O–H groups in total. The summed E-state index contributed by atoms with van der Waals surface area (Å²) in [6, 6.07) is 0. The fourth-order valence-corrected chi connectivity index (χ4v) is 3.65. The molecule has 0 bridgehead atoms. The molecular formula is C15H28N2S. The SMILES string of the molecule is CCC(CC)c1nc(C(C)(C)C)c(C(C)(C)N)s1. The molecule has 0 amide bonds. The van der Waals surface area contributed by atoms with Gasteiger partial charge < -0.3 is 5.73 Å². The van der Waals surface area contributed by atoms with E-state index in [2.05, 4.69) is 48.5 Å². The maximum atomic E-state index is 6.32. The Bertz CT molecular complexity index is 358. The Morgan fingerprint density at radius 1 is 1.11 bits per heavy atom. The summed E-state index contributed by atoms with van der Waals surface area (Å²) in [5, 5.41) is 1.26. The predicted octanol–water partition coefficient (Wildman–Crippen LogP) is 4.54. The number of rotatable bonds is 4. The molecule has 1 aromatic heterocycles. The Morgan fingerprint density at radius 2 is 1.61 bits per heavy atom. The van der Waals surface area contributed by atoms with Gasteiger partial charge in [-0.1, -0.05) is 34.6 Å². The van der Waals surface area contributed by atoms with Crippen LogP contribution in [0.15, 0.2) is 0 Å². The molecule has 0 unspecified atom stereocenters. The van der Waals surface area contributed by atoms with Crippen LogP contribution in [-0.4, -0.2) is 4.98 Å². The fourth-order valence-electron chi connectivity index (χ4n) is 2.09. The molecule has 0 fully saturated rings. The van der Waals surface area contributed by atoms with Gasteiger partial charge in [-0.05, 0) is 26.7 Å². The molecule has 1 aromatic rings. The third-order valence-corrected chi connectivity index (χ3v) is 4.83. The molecular weight excluding hydrogens is 240 g/mol. The summed E-state index contributed by atoms with van der Waals surface area (Å²) in [4.78, 5) is 6.18. The molecule has 0 aliphatic heterocycles. The zero-order valence-electron chi connectivity index (χ0n) is 12.9. The lowest BCUT2D eigenvalue weighted by Crippen LogP contribution is -2.31. The van der Waals surface area contributed by atoms with Crippen molar-refractivity contribution in [2.45, 2.75) is 78.2 Å². The third kappa shape index (κ3) is 3.33. The summed E-state index contributed by atoms with van der Waals surface area (Å²) in [6.45, 7) is 15.3. The summed E-state index contributed by atoms with van der Waals surface area (Å²) >= 11 is 1.81. The van der Waals surface area contributed by atoms with Gasteiger partial charge in [-0.3, -0.25) is 0 Å². The minimum absolute atomic E-state index is 0.0623. The molecule has 1 heterocycles. The number of nitrogens with two attached hydrogens (primary N) is 1. The molecule has 0 saturated carbocycles. The van der Waals surface area contributed by atoms with E-state index in [1.165, 1.54) is 15.6 Å². The molecule has 0 aliphatic rings. The Hall–Kier alpha value is -0.410. The highest BCUT2D eigenvalue weighted by molar-refractivity contribution is 7.12. The van der Waals surface area contributed by atoms with Gasteiger partial charge >= 0.3 is 0 Å². The monoisotopic (exact) mass is 268 g/mol. The van der Waals surface area contributed by atoms with Crippen LogP contribution < -0.4 is 5.73 Å². The summed E-state index contributed by atoms with van der Waals surface area (Å²) in [5.41, 5.74) is 7.26. The Labute approximate surface area is 116 Å². The van der Waals surface area contributed by atoms with Crippen LogP contribution in [0.2, 0.25) is 0 Å². The number of hydrogen-bond donors (Lipinski definition) is 1. The average Bonchev–Trinajstić information content (AvgIpc) is 2.63. The first-order valence-corrected chi connectivity index (χ1v) is 7.73. The molecule has 0 radical (unpaired) electrons. The van der Waals surface area contributed by atoms with E-state index in [1.54, 1.807) is 0 Å². The molecule has 1 rings (SSSR count). The first kappa shape index (κ1) is 15.6. The molecule has 3 heteroatoms. The van der Waals surface area contributed by atoms with Crippen molar-refractivity contribution in [2.75, 3.05) is 0 Å². The van der Waals surface area contributed by atoms with Crippen LogP contribution >= 0.6 is 11.3 Å².